The van der Waals surface area contributed by atoms with Crippen molar-refractivity contribution < 1.29 is 14.0 Å². The largest absolute Gasteiger partial charge is 0.497 e. The first-order valence-electron chi connectivity index (χ1n) is 10.7. The van der Waals surface area contributed by atoms with Crippen LogP contribution in [0.4, 0.5) is 5.82 Å². The molecule has 0 spiro atoms. The summed E-state index contributed by atoms with van der Waals surface area (Å²) in [5.41, 5.74) is 5.47. The van der Waals surface area contributed by atoms with Crippen molar-refractivity contribution in [3.05, 3.63) is 59.2 Å². The monoisotopic (exact) mass is 443 g/mol. The number of anilines is 1. The second-order valence-corrected chi connectivity index (χ2v) is 7.97. The maximum atomic E-state index is 5.77. The van der Waals surface area contributed by atoms with Crippen LogP contribution in [0.3, 0.4) is 0 Å². The molecule has 0 saturated heterocycles. The van der Waals surface area contributed by atoms with Gasteiger partial charge in [-0.2, -0.15) is 0 Å². The highest BCUT2D eigenvalue weighted by Crippen LogP contribution is 2.40. The molecular weight excluding hydrogens is 418 g/mol. The molecule has 8 heteroatoms. The number of benzene rings is 2. The van der Waals surface area contributed by atoms with Crippen LogP contribution in [-0.4, -0.2) is 34.3 Å². The first-order valence-corrected chi connectivity index (χ1v) is 10.7. The van der Waals surface area contributed by atoms with Gasteiger partial charge >= 0.3 is 0 Å². The van der Waals surface area contributed by atoms with E-state index in [4.69, 9.17) is 19.0 Å². The third-order valence-electron chi connectivity index (χ3n) is 5.78. The predicted octanol–water partition coefficient (Wildman–Crippen LogP) is 5.32. The molecule has 0 atom stereocenters. The van der Waals surface area contributed by atoms with Gasteiger partial charge in [0.05, 0.1) is 30.9 Å². The first kappa shape index (κ1) is 20.8. The van der Waals surface area contributed by atoms with Crippen LogP contribution in [0.25, 0.3) is 33.1 Å². The van der Waals surface area contributed by atoms with Crippen LogP contribution >= 0.6 is 0 Å². The van der Waals surface area contributed by atoms with Crippen LogP contribution in [0.15, 0.2) is 40.9 Å². The smallest absolute Gasteiger partial charge is 0.144 e. The summed E-state index contributed by atoms with van der Waals surface area (Å²) >= 11 is 0. The van der Waals surface area contributed by atoms with Crippen molar-refractivity contribution in [2.45, 2.75) is 27.3 Å². The molecule has 5 rings (SSSR count). The van der Waals surface area contributed by atoms with Gasteiger partial charge in [-0.15, -0.1) is 0 Å². The number of nitrogens with one attached hydrogen (secondary N) is 2. The quantitative estimate of drug-likeness (QED) is 0.366. The highest BCUT2D eigenvalue weighted by molar-refractivity contribution is 6.12. The van der Waals surface area contributed by atoms with E-state index in [0.717, 1.165) is 67.4 Å². The molecule has 33 heavy (non-hydrogen) atoms. The lowest BCUT2D eigenvalue weighted by molar-refractivity contribution is 0.393. The summed E-state index contributed by atoms with van der Waals surface area (Å²) in [7, 11) is 3.33. The van der Waals surface area contributed by atoms with E-state index in [2.05, 4.69) is 32.6 Å². The summed E-state index contributed by atoms with van der Waals surface area (Å²) in [6.07, 6.45) is 0. The number of aromatic amines is 1. The summed E-state index contributed by atoms with van der Waals surface area (Å²) in [6, 6.07) is 12.0. The highest BCUT2D eigenvalue weighted by atomic mass is 16.5. The van der Waals surface area contributed by atoms with Crippen LogP contribution in [0.1, 0.15) is 22.8 Å². The molecule has 168 valence electrons. The Bertz CT molecular complexity index is 1470. The van der Waals surface area contributed by atoms with E-state index in [0.29, 0.717) is 12.4 Å². The molecule has 0 aliphatic heterocycles. The van der Waals surface area contributed by atoms with Crippen molar-refractivity contribution in [1.82, 2.24) is 20.1 Å². The van der Waals surface area contributed by atoms with Gasteiger partial charge in [-0.1, -0.05) is 17.3 Å². The van der Waals surface area contributed by atoms with Gasteiger partial charge in [-0.3, -0.25) is 0 Å². The Morgan fingerprint density at radius 1 is 1.03 bits per heavy atom. The molecule has 5 aromatic rings. The zero-order chi connectivity index (χ0) is 23.1. The van der Waals surface area contributed by atoms with Gasteiger partial charge in [-0.05, 0) is 50.6 Å². The summed E-state index contributed by atoms with van der Waals surface area (Å²) in [5.74, 6) is 3.75. The van der Waals surface area contributed by atoms with E-state index in [1.54, 1.807) is 14.2 Å². The summed E-state index contributed by atoms with van der Waals surface area (Å²) in [6.45, 7) is 6.32. The van der Waals surface area contributed by atoms with E-state index in [9.17, 15) is 0 Å². The fourth-order valence-corrected chi connectivity index (χ4v) is 4.26. The average molecular weight is 444 g/mol. The molecule has 3 aromatic heterocycles. The van der Waals surface area contributed by atoms with E-state index in [1.807, 2.05) is 45.0 Å². The number of H-pyrrole nitrogens is 1. The molecule has 0 aliphatic carbocycles. The number of methoxy groups -OCH3 is 2. The molecule has 0 bridgehead atoms. The molecule has 2 N–H and O–H groups in total. The molecule has 8 nitrogen and oxygen atoms in total. The number of hydrogen-bond donors (Lipinski definition) is 2. The Kier molecular flexibility index (Phi) is 5.12. The molecule has 0 amide bonds. The minimum Gasteiger partial charge on any atom is -0.497 e. The number of ether oxygens (including phenoxy) is 2. The lowest BCUT2D eigenvalue weighted by Gasteiger charge is -2.11. The summed E-state index contributed by atoms with van der Waals surface area (Å²) in [5, 5.41) is 9.48. The lowest BCUT2D eigenvalue weighted by atomic mass is 10.0. The van der Waals surface area contributed by atoms with Gasteiger partial charge in [0.15, 0.2) is 0 Å². The van der Waals surface area contributed by atoms with Gasteiger partial charge in [0.2, 0.25) is 0 Å². The van der Waals surface area contributed by atoms with Gasteiger partial charge < -0.3 is 24.3 Å². The lowest BCUT2D eigenvalue weighted by Crippen LogP contribution is -2.04. The fraction of sp³-hybridized carbons (Fsp3) is 0.240. The van der Waals surface area contributed by atoms with E-state index >= 15 is 0 Å². The minimum atomic E-state index is 0.601. The molecule has 0 fully saturated rings. The van der Waals surface area contributed by atoms with Gasteiger partial charge in [-0.25, -0.2) is 9.97 Å². The molecule has 0 unspecified atom stereocenters. The zero-order valence-electron chi connectivity index (χ0n) is 19.2. The zero-order valence-corrected chi connectivity index (χ0v) is 19.2. The van der Waals surface area contributed by atoms with Crippen LogP contribution < -0.4 is 14.8 Å². The van der Waals surface area contributed by atoms with E-state index in [-0.39, 0.29) is 0 Å². The average Bonchev–Trinajstić information content (AvgIpc) is 3.34. The molecule has 0 radical (unpaired) electrons. The maximum Gasteiger partial charge on any atom is 0.144 e. The minimum absolute atomic E-state index is 0.601. The standard InChI is InChI=1S/C25H25N5O3/c1-13-22(14(2)33-30-13)19-10-20-18(11-21(19)32-5)23-24(27-15(3)28-25(23)29-20)26-12-16-7-6-8-17(9-16)31-4/h6-11H,12H2,1-5H3,(H2,26,27,28,29). The number of hydrogen-bond acceptors (Lipinski definition) is 7. The maximum absolute atomic E-state index is 5.77. The second kappa shape index (κ2) is 8.12. The Balaban J connectivity index is 1.64. The molecule has 2 aromatic carbocycles. The highest BCUT2D eigenvalue weighted by Gasteiger charge is 2.20. The molecule has 0 aliphatic rings. The number of nitrogens with zero attached hydrogens (tertiary/aromatic N) is 3. The van der Waals surface area contributed by atoms with Crippen molar-refractivity contribution in [1.29, 1.82) is 0 Å². The first-order chi connectivity index (χ1) is 16.0. The van der Waals surface area contributed by atoms with Crippen molar-refractivity contribution in [2.24, 2.45) is 0 Å². The second-order valence-electron chi connectivity index (χ2n) is 7.97. The fourth-order valence-electron chi connectivity index (χ4n) is 4.26. The predicted molar refractivity (Wildman–Crippen MR) is 128 cm³/mol. The third kappa shape index (κ3) is 3.63. The van der Waals surface area contributed by atoms with Crippen molar-refractivity contribution in [2.75, 3.05) is 19.5 Å². The number of fused-ring (bicyclic) bond motifs is 3. The molecule has 3 heterocycles. The van der Waals surface area contributed by atoms with Crippen LogP contribution in [0, 0.1) is 20.8 Å². The van der Waals surface area contributed by atoms with Crippen LogP contribution in [-0.2, 0) is 6.54 Å². The van der Waals surface area contributed by atoms with Gasteiger partial charge in [0, 0.05) is 23.0 Å². The number of rotatable bonds is 6. The SMILES string of the molecule is COc1cccc(CNc2nc(C)nc3[nH]c4cc(-c5c(C)noc5C)c(OC)cc4c23)c1. The summed E-state index contributed by atoms with van der Waals surface area (Å²) < 4.78 is 16.5. The van der Waals surface area contributed by atoms with Crippen molar-refractivity contribution in [3.8, 4) is 22.6 Å². The van der Waals surface area contributed by atoms with E-state index in [1.165, 1.54) is 0 Å². The van der Waals surface area contributed by atoms with Crippen molar-refractivity contribution >= 4 is 27.8 Å². The van der Waals surface area contributed by atoms with Crippen LogP contribution in [0.2, 0.25) is 0 Å². The molecule has 0 saturated carbocycles. The Morgan fingerprint density at radius 3 is 2.61 bits per heavy atom. The van der Waals surface area contributed by atoms with Crippen molar-refractivity contribution in [3.63, 3.8) is 0 Å². The summed E-state index contributed by atoms with van der Waals surface area (Å²) in [4.78, 5) is 12.8. The normalized spacial score (nSPS) is 11.3. The van der Waals surface area contributed by atoms with Gasteiger partial charge in [0.1, 0.15) is 34.5 Å². The van der Waals surface area contributed by atoms with Gasteiger partial charge in [0.25, 0.3) is 0 Å². The Morgan fingerprint density at radius 2 is 1.88 bits per heavy atom. The topological polar surface area (TPSA) is 98.1 Å². The third-order valence-corrected chi connectivity index (χ3v) is 5.78. The number of aryl methyl sites for hydroxylation is 3. The Hall–Kier alpha value is -4.07. The van der Waals surface area contributed by atoms with E-state index < -0.39 is 0 Å². The molecular formula is C25H25N5O3. The number of aromatic nitrogens is 4. The van der Waals surface area contributed by atoms with Crippen LogP contribution in [0.5, 0.6) is 11.5 Å². The Labute approximate surface area is 190 Å².